The molecule has 2 fully saturated rings. The van der Waals surface area contributed by atoms with Crippen molar-refractivity contribution in [3.63, 3.8) is 0 Å². The number of rotatable bonds is 4. The zero-order valence-electron chi connectivity index (χ0n) is 16.1. The summed E-state index contributed by atoms with van der Waals surface area (Å²) in [7, 11) is 0. The first kappa shape index (κ1) is 23.8. The molecule has 2 aromatic rings. The highest BCUT2D eigenvalue weighted by molar-refractivity contribution is 6.30. The van der Waals surface area contributed by atoms with Crippen molar-refractivity contribution in [2.24, 2.45) is 0 Å². The van der Waals surface area contributed by atoms with Crippen LogP contribution in [0, 0.1) is 0 Å². The number of benzene rings is 1. The molecule has 1 aromatic heterocycles. The Morgan fingerprint density at radius 2 is 1.79 bits per heavy atom. The van der Waals surface area contributed by atoms with Crippen LogP contribution in [0.5, 0.6) is 0 Å². The van der Waals surface area contributed by atoms with Gasteiger partial charge in [-0.25, -0.2) is 4.98 Å². The van der Waals surface area contributed by atoms with E-state index in [-0.39, 0.29) is 30.7 Å². The van der Waals surface area contributed by atoms with Gasteiger partial charge in [0.1, 0.15) is 0 Å². The maximum atomic E-state index is 12.4. The summed E-state index contributed by atoms with van der Waals surface area (Å²) in [6.07, 6.45) is 3.76. The number of nitrogens with zero attached hydrogens (tertiary/aromatic N) is 5. The minimum Gasteiger partial charge on any atom is -0.378 e. The van der Waals surface area contributed by atoms with E-state index in [0.29, 0.717) is 37.9 Å². The predicted molar refractivity (Wildman–Crippen MR) is 119 cm³/mol. The number of carbonyl (C=O) groups excluding carboxylic acids is 1. The third-order valence-electron chi connectivity index (χ3n) is 5.09. The predicted octanol–water partition coefficient (Wildman–Crippen LogP) is 2.35. The molecule has 1 amide bonds. The van der Waals surface area contributed by atoms with Crippen LogP contribution in [0.4, 0.5) is 5.95 Å². The molecule has 2 aliphatic heterocycles. The maximum absolute atomic E-state index is 12.4. The van der Waals surface area contributed by atoms with Gasteiger partial charge in [-0.05, 0) is 18.2 Å². The van der Waals surface area contributed by atoms with Crippen LogP contribution in [0.25, 0.3) is 5.69 Å². The summed E-state index contributed by atoms with van der Waals surface area (Å²) >= 11 is 6.13. The van der Waals surface area contributed by atoms with Crippen molar-refractivity contribution in [1.82, 2.24) is 19.4 Å². The van der Waals surface area contributed by atoms with E-state index in [0.717, 1.165) is 37.8 Å². The lowest BCUT2D eigenvalue weighted by atomic mass is 10.3. The quantitative estimate of drug-likeness (QED) is 0.698. The van der Waals surface area contributed by atoms with Crippen molar-refractivity contribution in [2.45, 2.75) is 0 Å². The standard InChI is InChI=1S/C19H24ClN5O2.2ClH/c20-16-2-1-3-17(14-16)25-5-4-21-19(25)24-8-6-22(7-9-24)15-18(26)23-10-12-27-13-11-23;;/h1-5,14H,6-13,15H2;2*1H. The van der Waals surface area contributed by atoms with Crippen molar-refractivity contribution in [3.8, 4) is 5.69 Å². The topological polar surface area (TPSA) is 53.8 Å². The van der Waals surface area contributed by atoms with E-state index in [2.05, 4.69) is 19.4 Å². The molecule has 0 radical (unpaired) electrons. The second kappa shape index (κ2) is 11.0. The van der Waals surface area contributed by atoms with E-state index in [1.165, 1.54) is 0 Å². The highest BCUT2D eigenvalue weighted by atomic mass is 35.5. The number of hydrogen-bond acceptors (Lipinski definition) is 5. The lowest BCUT2D eigenvalue weighted by Gasteiger charge is -2.36. The summed E-state index contributed by atoms with van der Waals surface area (Å²) < 4.78 is 7.37. The molecular weight excluding hydrogens is 437 g/mol. The van der Waals surface area contributed by atoms with Crippen molar-refractivity contribution in [2.75, 3.05) is 63.9 Å². The molecule has 0 unspecified atom stereocenters. The third kappa shape index (κ3) is 5.77. The molecule has 2 aliphatic rings. The average Bonchev–Trinajstić information content (AvgIpc) is 3.19. The second-order valence-corrected chi connectivity index (χ2v) is 7.27. The van der Waals surface area contributed by atoms with E-state index < -0.39 is 0 Å². The van der Waals surface area contributed by atoms with Crippen molar-refractivity contribution >= 4 is 48.3 Å². The number of morpholine rings is 1. The van der Waals surface area contributed by atoms with Gasteiger partial charge >= 0.3 is 0 Å². The highest BCUT2D eigenvalue weighted by Gasteiger charge is 2.24. The molecule has 3 heterocycles. The maximum Gasteiger partial charge on any atom is 0.236 e. The minimum absolute atomic E-state index is 0. The Balaban J connectivity index is 0.00000150. The molecule has 0 aliphatic carbocycles. The Morgan fingerprint density at radius 1 is 1.07 bits per heavy atom. The Kier molecular flexibility index (Phi) is 9.04. The third-order valence-corrected chi connectivity index (χ3v) is 5.32. The number of halogens is 3. The largest absolute Gasteiger partial charge is 0.378 e. The fourth-order valence-electron chi connectivity index (χ4n) is 3.57. The fraction of sp³-hybridized carbons (Fsp3) is 0.474. The SMILES string of the molecule is Cl.Cl.O=C(CN1CCN(c2nccn2-c2cccc(Cl)c2)CC1)N1CCOCC1. The summed E-state index contributed by atoms with van der Waals surface area (Å²) in [6, 6.07) is 7.76. The summed E-state index contributed by atoms with van der Waals surface area (Å²) in [4.78, 5) is 23.4. The van der Waals surface area contributed by atoms with Crippen LogP contribution < -0.4 is 4.90 Å². The fourth-order valence-corrected chi connectivity index (χ4v) is 3.75. The van der Waals surface area contributed by atoms with E-state index in [9.17, 15) is 4.79 Å². The number of ether oxygens (including phenoxy) is 1. The van der Waals surface area contributed by atoms with E-state index in [4.69, 9.17) is 16.3 Å². The number of piperazine rings is 1. The highest BCUT2D eigenvalue weighted by Crippen LogP contribution is 2.22. The van der Waals surface area contributed by atoms with E-state index >= 15 is 0 Å². The summed E-state index contributed by atoms with van der Waals surface area (Å²) in [5, 5.41) is 0.707. The minimum atomic E-state index is 0. The average molecular weight is 463 g/mol. The van der Waals surface area contributed by atoms with Gasteiger partial charge in [-0.3, -0.25) is 14.3 Å². The van der Waals surface area contributed by atoms with Crippen molar-refractivity contribution in [1.29, 1.82) is 0 Å². The molecule has 0 N–H and O–H groups in total. The first-order valence-corrected chi connectivity index (χ1v) is 9.70. The molecule has 2 saturated heterocycles. The van der Waals surface area contributed by atoms with Gasteiger partial charge in [0.15, 0.2) is 0 Å². The molecule has 160 valence electrons. The van der Waals surface area contributed by atoms with Crippen molar-refractivity contribution < 1.29 is 9.53 Å². The Bertz CT molecular complexity index is 790. The van der Waals surface area contributed by atoms with Gasteiger partial charge in [0.2, 0.25) is 11.9 Å². The Hall–Kier alpha value is -1.51. The van der Waals surface area contributed by atoms with E-state index in [1.807, 2.05) is 41.6 Å². The smallest absolute Gasteiger partial charge is 0.236 e. The van der Waals surface area contributed by atoms with Crippen LogP contribution in [-0.4, -0.2) is 84.3 Å². The number of anilines is 1. The van der Waals surface area contributed by atoms with E-state index in [1.54, 1.807) is 0 Å². The number of imidazole rings is 1. The van der Waals surface area contributed by atoms with Crippen LogP contribution in [0.1, 0.15) is 0 Å². The van der Waals surface area contributed by atoms with Gasteiger partial charge < -0.3 is 14.5 Å². The zero-order valence-corrected chi connectivity index (χ0v) is 18.5. The first-order chi connectivity index (χ1) is 13.2. The molecule has 29 heavy (non-hydrogen) atoms. The summed E-state index contributed by atoms with van der Waals surface area (Å²) in [5.74, 6) is 1.11. The van der Waals surface area contributed by atoms with Gasteiger partial charge in [-0.2, -0.15) is 0 Å². The number of carbonyl (C=O) groups is 1. The Labute approximate surface area is 188 Å². The molecule has 10 heteroatoms. The van der Waals surface area contributed by atoms with Crippen LogP contribution in [0.3, 0.4) is 0 Å². The van der Waals surface area contributed by atoms with Gasteiger partial charge in [0.25, 0.3) is 0 Å². The lowest BCUT2D eigenvalue weighted by molar-refractivity contribution is -0.136. The monoisotopic (exact) mass is 461 g/mol. The van der Waals surface area contributed by atoms with Crippen LogP contribution in [-0.2, 0) is 9.53 Å². The molecule has 0 atom stereocenters. The summed E-state index contributed by atoms with van der Waals surface area (Å²) in [5.41, 5.74) is 1.000. The van der Waals surface area contributed by atoms with Crippen LogP contribution in [0.15, 0.2) is 36.7 Å². The summed E-state index contributed by atoms with van der Waals surface area (Å²) in [6.45, 7) is 6.55. The number of hydrogen-bond donors (Lipinski definition) is 0. The van der Waals surface area contributed by atoms with Crippen molar-refractivity contribution in [3.05, 3.63) is 41.7 Å². The lowest BCUT2D eigenvalue weighted by Crippen LogP contribution is -2.52. The number of aromatic nitrogens is 2. The zero-order chi connectivity index (χ0) is 18.6. The van der Waals surface area contributed by atoms with Gasteiger partial charge in [-0.1, -0.05) is 17.7 Å². The van der Waals surface area contributed by atoms with Gasteiger partial charge in [0, 0.05) is 62.4 Å². The molecule has 1 aromatic carbocycles. The second-order valence-electron chi connectivity index (χ2n) is 6.83. The van der Waals surface area contributed by atoms with Crippen LogP contribution in [0.2, 0.25) is 5.02 Å². The molecule has 0 bridgehead atoms. The van der Waals surface area contributed by atoms with Crippen LogP contribution >= 0.6 is 36.4 Å². The van der Waals surface area contributed by atoms with Gasteiger partial charge in [-0.15, -0.1) is 24.8 Å². The Morgan fingerprint density at radius 3 is 2.48 bits per heavy atom. The molecular formula is C19H26Cl3N5O2. The molecule has 0 spiro atoms. The molecule has 4 rings (SSSR count). The molecule has 7 nitrogen and oxygen atoms in total. The van der Waals surface area contributed by atoms with Gasteiger partial charge in [0.05, 0.1) is 19.8 Å². The normalized spacial score (nSPS) is 17.4. The molecule has 0 saturated carbocycles. The first-order valence-electron chi connectivity index (χ1n) is 9.33. The number of amides is 1.